The molecule has 0 saturated carbocycles. The maximum atomic E-state index is 12.5. The van der Waals surface area contributed by atoms with Crippen LogP contribution in [0.3, 0.4) is 0 Å². The highest BCUT2D eigenvalue weighted by Gasteiger charge is 2.24. The van der Waals surface area contributed by atoms with Crippen LogP contribution in [0, 0.1) is 5.92 Å². The van der Waals surface area contributed by atoms with Crippen LogP contribution in [0.1, 0.15) is 28.8 Å². The first-order chi connectivity index (χ1) is 14.5. The lowest BCUT2D eigenvalue weighted by molar-refractivity contribution is -0.135. The van der Waals surface area contributed by atoms with Crippen molar-refractivity contribution in [3.05, 3.63) is 58.6 Å². The van der Waals surface area contributed by atoms with Gasteiger partial charge in [-0.1, -0.05) is 41.9 Å². The zero-order valence-electron chi connectivity index (χ0n) is 17.2. The molecule has 2 aromatic rings. The molecular formula is C23H26ClNO5. The summed E-state index contributed by atoms with van der Waals surface area (Å²) in [6.07, 6.45) is 2.91. The van der Waals surface area contributed by atoms with E-state index in [9.17, 15) is 9.59 Å². The molecule has 0 radical (unpaired) electrons. The Morgan fingerprint density at radius 1 is 1.07 bits per heavy atom. The standard InChI is InChI=1S/C23H26ClNO5/c1-28-20-14-18(13-19(24)22(20)29-2)23(27)30-15-21(26)25-10-8-17(9-11-25)12-16-6-4-3-5-7-16/h3-7,13-14,17H,8-12,15H2,1-2H3. The van der Waals surface area contributed by atoms with Crippen LogP contribution >= 0.6 is 11.6 Å². The second kappa shape index (κ2) is 10.3. The van der Waals surface area contributed by atoms with Gasteiger partial charge in [-0.25, -0.2) is 4.79 Å². The van der Waals surface area contributed by atoms with Crippen molar-refractivity contribution in [2.75, 3.05) is 33.9 Å². The molecule has 0 atom stereocenters. The van der Waals surface area contributed by atoms with Gasteiger partial charge in [-0.15, -0.1) is 0 Å². The van der Waals surface area contributed by atoms with Gasteiger partial charge in [0.25, 0.3) is 5.91 Å². The number of carbonyl (C=O) groups excluding carboxylic acids is 2. The summed E-state index contributed by atoms with van der Waals surface area (Å²) in [5.74, 6) is 0.403. The van der Waals surface area contributed by atoms with Gasteiger partial charge < -0.3 is 19.1 Å². The molecule has 0 unspecified atom stereocenters. The van der Waals surface area contributed by atoms with E-state index in [4.69, 9.17) is 25.8 Å². The van der Waals surface area contributed by atoms with Gasteiger partial charge in [0.1, 0.15) is 0 Å². The second-order valence-corrected chi connectivity index (χ2v) is 7.69. The minimum atomic E-state index is -0.634. The number of ether oxygens (including phenoxy) is 3. The third kappa shape index (κ3) is 5.45. The van der Waals surface area contributed by atoms with Crippen LogP contribution in [0.15, 0.2) is 42.5 Å². The molecule has 1 heterocycles. The van der Waals surface area contributed by atoms with Crippen molar-refractivity contribution in [2.24, 2.45) is 5.92 Å². The Labute approximate surface area is 181 Å². The molecule has 1 aliphatic rings. The monoisotopic (exact) mass is 431 g/mol. The average Bonchev–Trinajstić information content (AvgIpc) is 2.77. The van der Waals surface area contributed by atoms with Crippen LogP contribution < -0.4 is 9.47 Å². The molecule has 1 fully saturated rings. The Morgan fingerprint density at radius 3 is 2.40 bits per heavy atom. The molecule has 3 rings (SSSR count). The van der Waals surface area contributed by atoms with Crippen LogP contribution in [0.4, 0.5) is 0 Å². The number of rotatable bonds is 7. The first kappa shape index (κ1) is 22.0. The topological polar surface area (TPSA) is 65.1 Å². The Bertz CT molecular complexity index is 879. The van der Waals surface area contributed by atoms with E-state index in [1.165, 1.54) is 31.9 Å². The van der Waals surface area contributed by atoms with Crippen LogP contribution in [-0.4, -0.2) is 50.7 Å². The van der Waals surface area contributed by atoms with E-state index in [2.05, 4.69) is 12.1 Å². The molecule has 1 saturated heterocycles. The van der Waals surface area contributed by atoms with Gasteiger partial charge in [0.15, 0.2) is 18.1 Å². The molecule has 2 aromatic carbocycles. The van der Waals surface area contributed by atoms with Crippen LogP contribution in [0.25, 0.3) is 0 Å². The molecule has 160 valence electrons. The first-order valence-electron chi connectivity index (χ1n) is 9.92. The molecule has 0 aliphatic carbocycles. The number of hydrogen-bond donors (Lipinski definition) is 0. The van der Waals surface area contributed by atoms with Gasteiger partial charge in [0.05, 0.1) is 24.8 Å². The zero-order chi connectivity index (χ0) is 21.5. The lowest BCUT2D eigenvalue weighted by Crippen LogP contribution is -2.41. The zero-order valence-corrected chi connectivity index (χ0v) is 18.0. The maximum absolute atomic E-state index is 12.5. The molecule has 1 amide bonds. The number of carbonyl (C=O) groups is 2. The minimum absolute atomic E-state index is 0.187. The average molecular weight is 432 g/mol. The van der Waals surface area contributed by atoms with Gasteiger partial charge in [-0.2, -0.15) is 0 Å². The fourth-order valence-electron chi connectivity index (χ4n) is 3.67. The highest BCUT2D eigenvalue weighted by atomic mass is 35.5. The quantitative estimate of drug-likeness (QED) is 0.620. The SMILES string of the molecule is COc1cc(C(=O)OCC(=O)N2CCC(Cc3ccccc3)CC2)cc(Cl)c1OC. The molecule has 1 aliphatic heterocycles. The number of halogens is 1. The fourth-order valence-corrected chi connectivity index (χ4v) is 3.96. The predicted molar refractivity (Wildman–Crippen MR) is 114 cm³/mol. The molecule has 30 heavy (non-hydrogen) atoms. The first-order valence-corrected chi connectivity index (χ1v) is 10.3. The highest BCUT2D eigenvalue weighted by molar-refractivity contribution is 6.32. The van der Waals surface area contributed by atoms with Crippen molar-refractivity contribution in [1.29, 1.82) is 0 Å². The predicted octanol–water partition coefficient (Wildman–Crippen LogP) is 4.00. The number of esters is 1. The van der Waals surface area contributed by atoms with Crippen molar-refractivity contribution in [3.63, 3.8) is 0 Å². The van der Waals surface area contributed by atoms with Crippen LogP contribution in [-0.2, 0) is 16.0 Å². The smallest absolute Gasteiger partial charge is 0.338 e. The van der Waals surface area contributed by atoms with E-state index in [-0.39, 0.29) is 23.1 Å². The normalized spacial score (nSPS) is 14.3. The molecular weight excluding hydrogens is 406 g/mol. The summed E-state index contributed by atoms with van der Waals surface area (Å²) in [5, 5.41) is 0.232. The second-order valence-electron chi connectivity index (χ2n) is 7.28. The Balaban J connectivity index is 1.49. The van der Waals surface area contributed by atoms with Gasteiger partial charge in [-0.05, 0) is 42.9 Å². The number of piperidine rings is 1. The molecule has 0 bridgehead atoms. The summed E-state index contributed by atoms with van der Waals surface area (Å²) in [7, 11) is 2.91. The van der Waals surface area contributed by atoms with Gasteiger partial charge in [0, 0.05) is 13.1 Å². The Kier molecular flexibility index (Phi) is 7.57. The molecule has 7 heteroatoms. The number of nitrogens with zero attached hydrogens (tertiary/aromatic N) is 1. The van der Waals surface area contributed by atoms with Crippen molar-refractivity contribution in [2.45, 2.75) is 19.3 Å². The third-order valence-electron chi connectivity index (χ3n) is 5.33. The van der Waals surface area contributed by atoms with Crippen molar-refractivity contribution in [1.82, 2.24) is 4.90 Å². The lowest BCUT2D eigenvalue weighted by atomic mass is 9.90. The minimum Gasteiger partial charge on any atom is -0.493 e. The highest BCUT2D eigenvalue weighted by Crippen LogP contribution is 2.36. The van der Waals surface area contributed by atoms with Gasteiger partial charge in [0.2, 0.25) is 0 Å². The summed E-state index contributed by atoms with van der Waals surface area (Å²) in [6.45, 7) is 1.06. The van der Waals surface area contributed by atoms with E-state index in [0.29, 0.717) is 30.5 Å². The molecule has 6 nitrogen and oxygen atoms in total. The number of benzene rings is 2. The number of hydrogen-bond acceptors (Lipinski definition) is 5. The molecule has 0 aromatic heterocycles. The lowest BCUT2D eigenvalue weighted by Gasteiger charge is -2.32. The van der Waals surface area contributed by atoms with E-state index in [1.807, 2.05) is 18.2 Å². The maximum Gasteiger partial charge on any atom is 0.338 e. The Morgan fingerprint density at radius 2 is 1.77 bits per heavy atom. The van der Waals surface area contributed by atoms with Gasteiger partial charge >= 0.3 is 5.97 Å². The largest absolute Gasteiger partial charge is 0.493 e. The number of likely N-dealkylation sites (tertiary alicyclic amines) is 1. The molecule has 0 spiro atoms. The van der Waals surface area contributed by atoms with Crippen molar-refractivity contribution < 1.29 is 23.8 Å². The Hall–Kier alpha value is -2.73. The summed E-state index contributed by atoms with van der Waals surface area (Å²) in [4.78, 5) is 26.6. The third-order valence-corrected chi connectivity index (χ3v) is 5.61. The van der Waals surface area contributed by atoms with E-state index >= 15 is 0 Å². The van der Waals surface area contributed by atoms with Crippen molar-refractivity contribution in [3.8, 4) is 11.5 Å². The number of methoxy groups -OCH3 is 2. The fraction of sp³-hybridized carbons (Fsp3) is 0.391. The molecule has 0 N–H and O–H groups in total. The van der Waals surface area contributed by atoms with E-state index < -0.39 is 5.97 Å². The van der Waals surface area contributed by atoms with Gasteiger partial charge in [-0.3, -0.25) is 4.79 Å². The van der Waals surface area contributed by atoms with Crippen LogP contribution in [0.2, 0.25) is 5.02 Å². The summed E-state index contributed by atoms with van der Waals surface area (Å²) < 4.78 is 15.6. The summed E-state index contributed by atoms with van der Waals surface area (Å²) >= 11 is 6.13. The summed E-state index contributed by atoms with van der Waals surface area (Å²) in [6, 6.07) is 13.3. The van der Waals surface area contributed by atoms with Crippen molar-refractivity contribution >= 4 is 23.5 Å². The van der Waals surface area contributed by atoms with Crippen LogP contribution in [0.5, 0.6) is 11.5 Å². The number of amides is 1. The van der Waals surface area contributed by atoms with E-state index in [0.717, 1.165) is 19.3 Å². The van der Waals surface area contributed by atoms with E-state index in [1.54, 1.807) is 4.90 Å². The summed E-state index contributed by atoms with van der Waals surface area (Å²) in [5.41, 5.74) is 1.52.